The Labute approximate surface area is 123 Å². The van der Waals surface area contributed by atoms with E-state index in [0.29, 0.717) is 0 Å². The van der Waals surface area contributed by atoms with Crippen LogP contribution in [0.2, 0.25) is 0 Å². The topological polar surface area (TPSA) is 43.9 Å². The molecule has 0 spiro atoms. The van der Waals surface area contributed by atoms with E-state index in [2.05, 4.69) is 10.3 Å². The molecule has 0 atom stereocenters. The van der Waals surface area contributed by atoms with Crippen molar-refractivity contribution >= 4 is 35.3 Å². The van der Waals surface area contributed by atoms with Crippen molar-refractivity contribution in [3.63, 3.8) is 0 Å². The van der Waals surface area contributed by atoms with Crippen LogP contribution in [0.15, 0.2) is 51.5 Å². The molecule has 3 rings (SSSR count). The van der Waals surface area contributed by atoms with Crippen LogP contribution >= 0.6 is 35.3 Å². The third-order valence-electron chi connectivity index (χ3n) is 2.36. The number of nitrogens with zero attached hydrogens (tertiary/aromatic N) is 3. The highest BCUT2D eigenvalue weighted by Gasteiger charge is 2.07. The summed E-state index contributed by atoms with van der Waals surface area (Å²) in [5.41, 5.74) is 1.88. The highest BCUT2D eigenvalue weighted by Crippen LogP contribution is 2.26. The van der Waals surface area contributed by atoms with Gasteiger partial charge in [-0.05, 0) is 24.4 Å². The molecule has 96 valence electrons. The van der Waals surface area contributed by atoms with E-state index >= 15 is 0 Å². The molecule has 4 nitrogen and oxygen atoms in total. The van der Waals surface area contributed by atoms with Gasteiger partial charge in [-0.15, -0.1) is 5.10 Å². The maximum absolute atomic E-state index is 5.34. The number of hydrogen-bond donors (Lipinski definition) is 0. The Kier molecular flexibility index (Phi) is 3.77. The summed E-state index contributed by atoms with van der Waals surface area (Å²) in [6, 6.07) is 11.7. The van der Waals surface area contributed by atoms with Crippen LogP contribution in [-0.4, -0.2) is 14.9 Å². The zero-order chi connectivity index (χ0) is 13.1. The maximum atomic E-state index is 5.34. The smallest absolute Gasteiger partial charge is 0.184 e. The van der Waals surface area contributed by atoms with Crippen LogP contribution in [0.1, 0.15) is 5.69 Å². The molecule has 7 heteroatoms. The van der Waals surface area contributed by atoms with E-state index in [-0.39, 0.29) is 0 Å². The Bertz CT molecular complexity index is 703. The van der Waals surface area contributed by atoms with Crippen LogP contribution in [0.4, 0.5) is 0 Å². The molecule has 0 saturated heterocycles. The fraction of sp³-hybridized carbons (Fsp3) is 0.0833. The monoisotopic (exact) mass is 307 g/mol. The molecule has 0 fully saturated rings. The molecule has 0 N–H and O–H groups in total. The first-order valence-electron chi connectivity index (χ1n) is 5.50. The molecule has 0 saturated carbocycles. The zero-order valence-electron chi connectivity index (χ0n) is 9.72. The summed E-state index contributed by atoms with van der Waals surface area (Å²) in [7, 11) is 0. The summed E-state index contributed by atoms with van der Waals surface area (Å²) in [6.07, 6.45) is 1.57. The second kappa shape index (κ2) is 5.68. The minimum atomic E-state index is 0.730. The molecule has 3 aromatic rings. The Balaban J connectivity index is 1.80. The van der Waals surface area contributed by atoms with Gasteiger partial charge in [-0.1, -0.05) is 46.5 Å². The second-order valence-corrected chi connectivity index (χ2v) is 6.51. The first kappa shape index (κ1) is 12.6. The van der Waals surface area contributed by atoms with E-state index in [1.54, 1.807) is 22.7 Å². The Hall–Kier alpha value is -1.44. The molecule has 2 heterocycles. The van der Waals surface area contributed by atoms with Crippen molar-refractivity contribution in [2.75, 3.05) is 0 Å². The summed E-state index contributed by atoms with van der Waals surface area (Å²) in [4.78, 5) is 0. The Morgan fingerprint density at radius 3 is 2.84 bits per heavy atom. The lowest BCUT2D eigenvalue weighted by molar-refractivity contribution is 0.414. The summed E-state index contributed by atoms with van der Waals surface area (Å²) in [5.74, 6) is 0.730. The summed E-state index contributed by atoms with van der Waals surface area (Å²) in [5, 5.41) is 8.38. The van der Waals surface area contributed by atoms with Crippen molar-refractivity contribution in [3.05, 3.63) is 52.3 Å². The van der Waals surface area contributed by atoms with Crippen LogP contribution in [0.5, 0.6) is 0 Å². The van der Waals surface area contributed by atoms with Crippen molar-refractivity contribution in [1.82, 2.24) is 14.9 Å². The first-order valence-corrected chi connectivity index (χ1v) is 7.71. The SMILES string of the molecule is S=c1sc(SCc2ccon2)nn1-c1ccccc1. The van der Waals surface area contributed by atoms with Gasteiger partial charge in [0.15, 0.2) is 8.29 Å². The average Bonchev–Trinajstić information content (AvgIpc) is 3.07. The molecule has 0 amide bonds. The van der Waals surface area contributed by atoms with Gasteiger partial charge in [-0.3, -0.25) is 0 Å². The summed E-state index contributed by atoms with van der Waals surface area (Å²) < 4.78 is 8.25. The lowest BCUT2D eigenvalue weighted by Gasteiger charge is -1.98. The van der Waals surface area contributed by atoms with Gasteiger partial charge in [0.25, 0.3) is 0 Å². The maximum Gasteiger partial charge on any atom is 0.184 e. The lowest BCUT2D eigenvalue weighted by Crippen LogP contribution is -1.95. The van der Waals surface area contributed by atoms with Crippen LogP contribution in [0.3, 0.4) is 0 Å². The molecule has 19 heavy (non-hydrogen) atoms. The predicted octanol–water partition coefficient (Wildman–Crippen LogP) is 3.94. The Morgan fingerprint density at radius 2 is 2.11 bits per heavy atom. The number of aromatic nitrogens is 3. The van der Waals surface area contributed by atoms with Crippen molar-refractivity contribution in [2.24, 2.45) is 0 Å². The fourth-order valence-corrected chi connectivity index (χ4v) is 3.75. The van der Waals surface area contributed by atoms with Crippen molar-refractivity contribution in [3.8, 4) is 5.69 Å². The third kappa shape index (κ3) is 2.94. The number of rotatable bonds is 4. The second-order valence-electron chi connectivity index (χ2n) is 3.66. The number of benzene rings is 1. The van der Waals surface area contributed by atoms with Gasteiger partial charge in [-0.2, -0.15) is 0 Å². The number of thioether (sulfide) groups is 1. The van der Waals surface area contributed by atoms with E-state index in [0.717, 1.165) is 25.4 Å². The molecule has 0 aliphatic rings. The van der Waals surface area contributed by atoms with Gasteiger partial charge in [0.2, 0.25) is 0 Å². The summed E-state index contributed by atoms with van der Waals surface area (Å²) in [6.45, 7) is 0. The Morgan fingerprint density at radius 1 is 1.26 bits per heavy atom. The van der Waals surface area contributed by atoms with E-state index in [1.165, 1.54) is 11.3 Å². The normalized spacial score (nSPS) is 10.7. The molecule has 0 unspecified atom stereocenters. The van der Waals surface area contributed by atoms with Gasteiger partial charge in [0, 0.05) is 11.8 Å². The minimum absolute atomic E-state index is 0.730. The number of para-hydroxylation sites is 1. The largest absolute Gasteiger partial charge is 0.364 e. The first-order chi connectivity index (χ1) is 9.33. The van der Waals surface area contributed by atoms with E-state index in [1.807, 2.05) is 36.4 Å². The van der Waals surface area contributed by atoms with Crippen LogP contribution in [0, 0.1) is 3.95 Å². The van der Waals surface area contributed by atoms with Crippen LogP contribution in [0.25, 0.3) is 5.69 Å². The van der Waals surface area contributed by atoms with Gasteiger partial charge in [-0.25, -0.2) is 4.68 Å². The third-order valence-corrected chi connectivity index (χ3v) is 4.76. The van der Waals surface area contributed by atoms with Crippen molar-refractivity contribution in [1.29, 1.82) is 0 Å². The lowest BCUT2D eigenvalue weighted by atomic mass is 10.3. The quantitative estimate of drug-likeness (QED) is 0.539. The molecule has 1 aromatic carbocycles. The number of hydrogen-bond acceptors (Lipinski definition) is 6. The fourth-order valence-electron chi connectivity index (χ4n) is 1.50. The van der Waals surface area contributed by atoms with Gasteiger partial charge in [0.1, 0.15) is 6.26 Å². The molecule has 0 bridgehead atoms. The minimum Gasteiger partial charge on any atom is -0.364 e. The molecule has 0 radical (unpaired) electrons. The average molecular weight is 307 g/mol. The molecular formula is C12H9N3OS3. The standard InChI is InChI=1S/C12H9N3OS3/c17-12-15(10-4-2-1-3-5-10)13-11(19-12)18-8-9-6-7-16-14-9/h1-7H,8H2. The van der Waals surface area contributed by atoms with Gasteiger partial charge < -0.3 is 4.52 Å². The zero-order valence-corrected chi connectivity index (χ0v) is 12.2. The van der Waals surface area contributed by atoms with E-state index < -0.39 is 0 Å². The van der Waals surface area contributed by atoms with Crippen LogP contribution in [-0.2, 0) is 5.75 Å². The summed E-state index contributed by atoms with van der Waals surface area (Å²) >= 11 is 8.45. The van der Waals surface area contributed by atoms with Gasteiger partial charge in [0.05, 0.1) is 11.4 Å². The predicted molar refractivity (Wildman–Crippen MR) is 78.3 cm³/mol. The van der Waals surface area contributed by atoms with E-state index in [4.69, 9.17) is 16.7 Å². The van der Waals surface area contributed by atoms with E-state index in [9.17, 15) is 0 Å². The highest BCUT2D eigenvalue weighted by molar-refractivity contribution is 8.00. The molecular weight excluding hydrogens is 298 g/mol. The van der Waals surface area contributed by atoms with Crippen molar-refractivity contribution in [2.45, 2.75) is 10.1 Å². The highest BCUT2D eigenvalue weighted by atomic mass is 32.2. The molecule has 2 aromatic heterocycles. The van der Waals surface area contributed by atoms with Gasteiger partial charge >= 0.3 is 0 Å². The molecule has 0 aliphatic heterocycles. The van der Waals surface area contributed by atoms with Crippen molar-refractivity contribution < 1.29 is 4.52 Å². The molecule has 0 aliphatic carbocycles. The van der Waals surface area contributed by atoms with Crippen LogP contribution < -0.4 is 0 Å².